The predicted molar refractivity (Wildman–Crippen MR) is 119 cm³/mol. The molecule has 5 N–H and O–H groups in total. The lowest BCUT2D eigenvalue weighted by atomic mass is 9.96. The molecule has 0 aliphatic heterocycles. The van der Waals surface area contributed by atoms with E-state index in [-0.39, 0.29) is 22.5 Å². The number of thiazole rings is 1. The zero-order chi connectivity index (χ0) is 24.0. The molecule has 12 heteroatoms. The first-order valence-corrected chi connectivity index (χ1v) is 11.5. The summed E-state index contributed by atoms with van der Waals surface area (Å²) >= 11 is 1.27. The lowest BCUT2D eigenvalue weighted by molar-refractivity contribution is -0.128. The van der Waals surface area contributed by atoms with Gasteiger partial charge in [-0.15, -0.1) is 0 Å². The first kappa shape index (κ1) is 26.5. The minimum absolute atomic E-state index is 0.0967. The van der Waals surface area contributed by atoms with Crippen LogP contribution >= 0.6 is 11.3 Å². The smallest absolute Gasteiger partial charge is 0.243 e. The Bertz CT molecular complexity index is 1040. The molecule has 0 spiro atoms. The van der Waals surface area contributed by atoms with E-state index in [4.69, 9.17) is 15.1 Å². The van der Waals surface area contributed by atoms with Gasteiger partial charge in [-0.1, -0.05) is 39.0 Å². The molecule has 1 aromatic carbocycles. The number of amides is 2. The van der Waals surface area contributed by atoms with Gasteiger partial charge in [-0.3, -0.25) is 14.8 Å². The fourth-order valence-electron chi connectivity index (χ4n) is 2.12. The number of aryl methyl sites for hydroxylation is 1. The van der Waals surface area contributed by atoms with Crippen LogP contribution in [0.4, 0.5) is 5.13 Å². The highest BCUT2D eigenvalue weighted by molar-refractivity contribution is 7.89. The Labute approximate surface area is 185 Å². The molecule has 0 unspecified atom stereocenters. The third kappa shape index (κ3) is 7.58. The summed E-state index contributed by atoms with van der Waals surface area (Å²) in [6, 6.07) is 4.72. The molecule has 0 aliphatic carbocycles. The number of hydrogen-bond acceptors (Lipinski definition) is 8. The number of nitrogens with two attached hydrogens (primary N) is 1. The Morgan fingerprint density at radius 3 is 2.32 bits per heavy atom. The molecule has 0 radical (unpaired) electrons. The van der Waals surface area contributed by atoms with Crippen molar-refractivity contribution >= 4 is 38.3 Å². The SMILES string of the molecule is CCC(=O)NO.COc1ccc(-c2sc(NC(=O)C(C)(C)C)nc2C)cc1S(N)(=O)=O. The van der Waals surface area contributed by atoms with Gasteiger partial charge >= 0.3 is 0 Å². The number of ether oxygens (including phenoxy) is 1. The van der Waals surface area contributed by atoms with Crippen molar-refractivity contribution in [2.24, 2.45) is 10.6 Å². The van der Waals surface area contributed by atoms with E-state index >= 15 is 0 Å². The maximum Gasteiger partial charge on any atom is 0.243 e. The molecule has 0 fully saturated rings. The van der Waals surface area contributed by atoms with Crippen LogP contribution in [0.15, 0.2) is 23.1 Å². The summed E-state index contributed by atoms with van der Waals surface area (Å²) in [5, 5.41) is 16.2. The lowest BCUT2D eigenvalue weighted by Crippen LogP contribution is -2.27. The van der Waals surface area contributed by atoms with Crippen LogP contribution in [0.1, 0.15) is 39.8 Å². The van der Waals surface area contributed by atoms with Crippen molar-refractivity contribution in [3.8, 4) is 16.2 Å². The Kier molecular flexibility index (Phi) is 9.11. The van der Waals surface area contributed by atoms with Crippen LogP contribution in [0, 0.1) is 12.3 Å². The highest BCUT2D eigenvalue weighted by Crippen LogP contribution is 2.36. The third-order valence-electron chi connectivity index (χ3n) is 3.88. The quantitative estimate of drug-likeness (QED) is 0.384. The zero-order valence-electron chi connectivity index (χ0n) is 18.3. The molecular weight excluding hydrogens is 444 g/mol. The first-order chi connectivity index (χ1) is 14.2. The molecule has 2 aromatic rings. The van der Waals surface area contributed by atoms with Crippen molar-refractivity contribution in [2.45, 2.75) is 45.9 Å². The summed E-state index contributed by atoms with van der Waals surface area (Å²) in [7, 11) is -2.55. The summed E-state index contributed by atoms with van der Waals surface area (Å²) in [5.41, 5.74) is 2.25. The maximum atomic E-state index is 12.1. The number of carbonyl (C=O) groups is 2. The molecule has 2 rings (SSSR count). The highest BCUT2D eigenvalue weighted by atomic mass is 32.2. The first-order valence-electron chi connectivity index (χ1n) is 9.17. The fraction of sp³-hybridized carbons (Fsp3) is 0.421. The van der Waals surface area contributed by atoms with Crippen LogP contribution in [0.5, 0.6) is 5.75 Å². The van der Waals surface area contributed by atoms with Gasteiger partial charge in [-0.2, -0.15) is 0 Å². The van der Waals surface area contributed by atoms with E-state index in [9.17, 15) is 18.0 Å². The topological polar surface area (TPSA) is 161 Å². The highest BCUT2D eigenvalue weighted by Gasteiger charge is 2.23. The van der Waals surface area contributed by atoms with Gasteiger partial charge in [-0.05, 0) is 30.7 Å². The number of carbonyl (C=O) groups excluding carboxylic acids is 2. The van der Waals surface area contributed by atoms with Crippen LogP contribution in [-0.2, 0) is 19.6 Å². The van der Waals surface area contributed by atoms with Crippen molar-refractivity contribution in [1.29, 1.82) is 0 Å². The van der Waals surface area contributed by atoms with Crippen molar-refractivity contribution < 1.29 is 28.0 Å². The zero-order valence-corrected chi connectivity index (χ0v) is 19.9. The number of benzene rings is 1. The normalized spacial score (nSPS) is 11.2. The van der Waals surface area contributed by atoms with Gasteiger partial charge in [0, 0.05) is 11.8 Å². The number of anilines is 1. The van der Waals surface area contributed by atoms with Crippen LogP contribution in [-0.4, -0.2) is 37.5 Å². The lowest BCUT2D eigenvalue weighted by Gasteiger charge is -2.15. The van der Waals surface area contributed by atoms with E-state index in [1.54, 1.807) is 26.0 Å². The van der Waals surface area contributed by atoms with Gasteiger partial charge < -0.3 is 10.1 Å². The molecule has 0 saturated heterocycles. The van der Waals surface area contributed by atoms with Crippen molar-refractivity contribution in [2.75, 3.05) is 12.4 Å². The maximum absolute atomic E-state index is 12.1. The summed E-state index contributed by atoms with van der Waals surface area (Å²) < 4.78 is 28.6. The van der Waals surface area contributed by atoms with Gasteiger partial charge in [0.05, 0.1) is 17.7 Å². The molecular formula is C19H28N4O6S2. The van der Waals surface area contributed by atoms with Crippen LogP contribution in [0.25, 0.3) is 10.4 Å². The van der Waals surface area contributed by atoms with Gasteiger partial charge in [0.25, 0.3) is 0 Å². The molecule has 0 bridgehead atoms. The molecule has 1 heterocycles. The minimum Gasteiger partial charge on any atom is -0.495 e. The monoisotopic (exact) mass is 472 g/mol. The number of methoxy groups -OCH3 is 1. The molecule has 172 valence electrons. The number of nitrogens with zero attached hydrogens (tertiary/aromatic N) is 1. The van der Waals surface area contributed by atoms with Crippen LogP contribution in [0.3, 0.4) is 0 Å². The van der Waals surface area contributed by atoms with Gasteiger partial charge in [0.2, 0.25) is 21.8 Å². The van der Waals surface area contributed by atoms with Crippen LogP contribution < -0.4 is 20.7 Å². The van der Waals surface area contributed by atoms with E-state index in [0.717, 1.165) is 4.88 Å². The number of primary sulfonamides is 1. The summed E-state index contributed by atoms with van der Waals surface area (Å²) in [6.07, 6.45) is 0.330. The fourth-order valence-corrected chi connectivity index (χ4v) is 3.80. The summed E-state index contributed by atoms with van der Waals surface area (Å²) in [5.74, 6) is -0.322. The molecule has 0 saturated carbocycles. The van der Waals surface area contributed by atoms with Gasteiger partial charge in [-0.25, -0.2) is 24.0 Å². The number of nitrogens with one attached hydrogen (secondary N) is 2. The molecule has 10 nitrogen and oxygen atoms in total. The van der Waals surface area contributed by atoms with E-state index in [0.29, 0.717) is 22.8 Å². The van der Waals surface area contributed by atoms with Crippen molar-refractivity contribution in [1.82, 2.24) is 10.5 Å². The van der Waals surface area contributed by atoms with Gasteiger partial charge in [0.15, 0.2) is 5.13 Å². The second kappa shape index (κ2) is 10.7. The molecule has 1 aromatic heterocycles. The molecule has 31 heavy (non-hydrogen) atoms. The van der Waals surface area contributed by atoms with Crippen LogP contribution in [0.2, 0.25) is 0 Å². The number of hydrogen-bond donors (Lipinski definition) is 4. The average molecular weight is 473 g/mol. The molecule has 2 amide bonds. The van der Waals surface area contributed by atoms with Gasteiger partial charge in [0.1, 0.15) is 10.6 Å². The third-order valence-corrected chi connectivity index (χ3v) is 5.93. The van der Waals surface area contributed by atoms with E-state index in [1.807, 2.05) is 20.8 Å². The summed E-state index contributed by atoms with van der Waals surface area (Å²) in [4.78, 5) is 26.9. The van der Waals surface area contributed by atoms with E-state index < -0.39 is 15.4 Å². The van der Waals surface area contributed by atoms with Crippen molar-refractivity contribution in [3.05, 3.63) is 23.9 Å². The number of aromatic nitrogens is 1. The second-order valence-electron chi connectivity index (χ2n) is 7.44. The predicted octanol–water partition coefficient (Wildman–Crippen LogP) is 2.66. The van der Waals surface area contributed by atoms with Crippen molar-refractivity contribution in [3.63, 3.8) is 0 Å². The Hall–Kier alpha value is -2.54. The minimum atomic E-state index is -3.93. The standard InChI is InChI=1S/C16H21N3O4S2.C3H7NO2/c1-9-13(24-15(18-9)19-14(20)16(2,3)4)10-6-7-11(23-5)12(8-10)25(17,21)22;1-2-3(5)4-6/h6-8H,1-5H3,(H2,17,21,22)(H,18,19,20);6H,2H2,1H3,(H,4,5). The summed E-state index contributed by atoms with van der Waals surface area (Å²) in [6.45, 7) is 8.88. The Morgan fingerprint density at radius 2 is 1.90 bits per heavy atom. The second-order valence-corrected chi connectivity index (χ2v) is 9.97. The molecule has 0 atom stereocenters. The largest absolute Gasteiger partial charge is 0.495 e. The van der Waals surface area contributed by atoms with E-state index in [1.165, 1.54) is 30.0 Å². The average Bonchev–Trinajstić information content (AvgIpc) is 3.05. The Balaban J connectivity index is 0.000000703. The number of hydroxylamine groups is 1. The van der Waals surface area contributed by atoms with E-state index in [2.05, 4.69) is 10.3 Å². The number of rotatable bonds is 5. The number of sulfonamides is 1. The Morgan fingerprint density at radius 1 is 1.29 bits per heavy atom. The molecule has 0 aliphatic rings.